The molecule has 102 valence electrons. The predicted octanol–water partition coefficient (Wildman–Crippen LogP) is 1.27. The Balaban J connectivity index is 2.03. The molecule has 1 aromatic carbocycles. The maximum absolute atomic E-state index is 12.1. The van der Waals surface area contributed by atoms with Crippen molar-refractivity contribution in [2.24, 2.45) is 0 Å². The minimum absolute atomic E-state index is 0.0987. The summed E-state index contributed by atoms with van der Waals surface area (Å²) in [6, 6.07) is 7.42. The second-order valence-electron chi connectivity index (χ2n) is 4.53. The van der Waals surface area contributed by atoms with Crippen molar-refractivity contribution in [1.29, 1.82) is 0 Å². The van der Waals surface area contributed by atoms with Gasteiger partial charge in [-0.1, -0.05) is 18.2 Å². The number of amides is 2. The van der Waals surface area contributed by atoms with E-state index < -0.39 is 5.92 Å². The van der Waals surface area contributed by atoms with Crippen LogP contribution in [0.4, 0.5) is 5.69 Å². The minimum atomic E-state index is -0.396. The number of anilines is 1. The molecular formula is C14H18N2O3. The highest BCUT2D eigenvalue weighted by molar-refractivity contribution is 6.01. The average molecular weight is 262 g/mol. The SMILES string of the molecule is COCCCNC(=O)C1CC(=O)Nc2ccccc21. The summed E-state index contributed by atoms with van der Waals surface area (Å²) in [7, 11) is 1.63. The Bertz CT molecular complexity index is 474. The highest BCUT2D eigenvalue weighted by Crippen LogP contribution is 2.31. The van der Waals surface area contributed by atoms with E-state index in [0.717, 1.165) is 17.7 Å². The molecule has 2 amide bonds. The number of ether oxygens (including phenoxy) is 1. The van der Waals surface area contributed by atoms with Crippen LogP contribution in [0.1, 0.15) is 24.3 Å². The van der Waals surface area contributed by atoms with Gasteiger partial charge in [0.25, 0.3) is 0 Å². The van der Waals surface area contributed by atoms with Gasteiger partial charge in [-0.3, -0.25) is 9.59 Å². The fraction of sp³-hybridized carbons (Fsp3) is 0.429. The van der Waals surface area contributed by atoms with E-state index >= 15 is 0 Å². The summed E-state index contributed by atoms with van der Waals surface area (Å²) in [5.41, 5.74) is 1.61. The van der Waals surface area contributed by atoms with E-state index in [4.69, 9.17) is 4.74 Å². The van der Waals surface area contributed by atoms with Crippen LogP contribution >= 0.6 is 0 Å². The smallest absolute Gasteiger partial charge is 0.228 e. The van der Waals surface area contributed by atoms with Crippen molar-refractivity contribution in [3.63, 3.8) is 0 Å². The van der Waals surface area contributed by atoms with E-state index in [1.54, 1.807) is 7.11 Å². The molecule has 1 aliphatic rings. The van der Waals surface area contributed by atoms with Gasteiger partial charge in [-0.25, -0.2) is 0 Å². The van der Waals surface area contributed by atoms with E-state index in [1.165, 1.54) is 0 Å². The number of hydrogen-bond acceptors (Lipinski definition) is 3. The Hall–Kier alpha value is -1.88. The molecule has 0 aromatic heterocycles. The predicted molar refractivity (Wildman–Crippen MR) is 71.9 cm³/mol. The van der Waals surface area contributed by atoms with Gasteiger partial charge in [0.15, 0.2) is 0 Å². The van der Waals surface area contributed by atoms with Crippen LogP contribution in [0, 0.1) is 0 Å². The lowest BCUT2D eigenvalue weighted by Crippen LogP contribution is -2.35. The lowest BCUT2D eigenvalue weighted by molar-refractivity contribution is -0.126. The van der Waals surface area contributed by atoms with E-state index in [2.05, 4.69) is 10.6 Å². The standard InChI is InChI=1S/C14H18N2O3/c1-19-8-4-7-15-14(18)11-9-13(17)16-12-6-3-2-5-10(11)12/h2-3,5-6,11H,4,7-9H2,1H3,(H,15,18)(H,16,17). The number of para-hydroxylation sites is 1. The number of benzene rings is 1. The Labute approximate surface area is 112 Å². The van der Waals surface area contributed by atoms with E-state index in [-0.39, 0.29) is 18.2 Å². The quantitative estimate of drug-likeness (QED) is 0.785. The molecular weight excluding hydrogens is 244 g/mol. The van der Waals surface area contributed by atoms with Crippen LogP contribution in [-0.4, -0.2) is 32.1 Å². The van der Waals surface area contributed by atoms with Crippen molar-refractivity contribution >= 4 is 17.5 Å². The molecule has 1 aromatic rings. The summed E-state index contributed by atoms with van der Waals surface area (Å²) in [6.07, 6.45) is 0.968. The summed E-state index contributed by atoms with van der Waals surface area (Å²) < 4.78 is 4.93. The molecule has 0 fully saturated rings. The molecule has 19 heavy (non-hydrogen) atoms. The van der Waals surface area contributed by atoms with Crippen molar-refractivity contribution in [2.45, 2.75) is 18.8 Å². The molecule has 2 N–H and O–H groups in total. The molecule has 1 heterocycles. The van der Waals surface area contributed by atoms with E-state index in [1.807, 2.05) is 24.3 Å². The second-order valence-corrected chi connectivity index (χ2v) is 4.53. The van der Waals surface area contributed by atoms with Crippen LogP contribution in [0.15, 0.2) is 24.3 Å². The van der Waals surface area contributed by atoms with Gasteiger partial charge in [0, 0.05) is 32.4 Å². The second kappa shape index (κ2) is 6.33. The average Bonchev–Trinajstić information content (AvgIpc) is 2.42. The summed E-state index contributed by atoms with van der Waals surface area (Å²) in [4.78, 5) is 23.7. The molecule has 0 radical (unpaired) electrons. The van der Waals surface area contributed by atoms with Gasteiger partial charge >= 0.3 is 0 Å². The zero-order valence-corrected chi connectivity index (χ0v) is 10.9. The first-order valence-electron chi connectivity index (χ1n) is 6.38. The van der Waals surface area contributed by atoms with Gasteiger partial charge in [0.1, 0.15) is 0 Å². The van der Waals surface area contributed by atoms with E-state index in [9.17, 15) is 9.59 Å². The summed E-state index contributed by atoms with van der Waals surface area (Å²) in [5, 5.41) is 5.63. The van der Waals surface area contributed by atoms with Gasteiger partial charge in [0.2, 0.25) is 11.8 Å². The van der Waals surface area contributed by atoms with Gasteiger partial charge in [-0.2, -0.15) is 0 Å². The number of hydrogen-bond donors (Lipinski definition) is 2. The fourth-order valence-corrected chi connectivity index (χ4v) is 2.20. The number of nitrogens with one attached hydrogen (secondary N) is 2. The number of fused-ring (bicyclic) bond motifs is 1. The molecule has 0 aliphatic carbocycles. The van der Waals surface area contributed by atoms with Crippen molar-refractivity contribution in [3.05, 3.63) is 29.8 Å². The molecule has 0 saturated carbocycles. The van der Waals surface area contributed by atoms with Gasteiger partial charge in [-0.15, -0.1) is 0 Å². The molecule has 5 heteroatoms. The molecule has 0 bridgehead atoms. The van der Waals surface area contributed by atoms with Crippen LogP contribution < -0.4 is 10.6 Å². The van der Waals surface area contributed by atoms with Crippen molar-refractivity contribution in [1.82, 2.24) is 5.32 Å². The largest absolute Gasteiger partial charge is 0.385 e. The normalized spacial score (nSPS) is 17.5. The van der Waals surface area contributed by atoms with Crippen molar-refractivity contribution in [3.8, 4) is 0 Å². The molecule has 0 saturated heterocycles. The topological polar surface area (TPSA) is 67.4 Å². The molecule has 5 nitrogen and oxygen atoms in total. The molecule has 1 atom stereocenters. The van der Waals surface area contributed by atoms with Crippen LogP contribution in [0.5, 0.6) is 0 Å². The molecule has 1 aliphatic heterocycles. The third-order valence-corrected chi connectivity index (χ3v) is 3.14. The number of carbonyl (C=O) groups is 2. The van der Waals surface area contributed by atoms with Gasteiger partial charge in [-0.05, 0) is 18.1 Å². The fourth-order valence-electron chi connectivity index (χ4n) is 2.20. The zero-order valence-electron chi connectivity index (χ0n) is 10.9. The summed E-state index contributed by atoms with van der Waals surface area (Å²) in [6.45, 7) is 1.18. The monoisotopic (exact) mass is 262 g/mol. The third kappa shape index (κ3) is 3.32. The maximum atomic E-state index is 12.1. The maximum Gasteiger partial charge on any atom is 0.228 e. The van der Waals surface area contributed by atoms with Crippen LogP contribution in [0.25, 0.3) is 0 Å². The van der Waals surface area contributed by atoms with Crippen LogP contribution in [0.3, 0.4) is 0 Å². The third-order valence-electron chi connectivity index (χ3n) is 3.14. The van der Waals surface area contributed by atoms with Gasteiger partial charge < -0.3 is 15.4 Å². The van der Waals surface area contributed by atoms with Gasteiger partial charge in [0.05, 0.1) is 5.92 Å². The van der Waals surface area contributed by atoms with Crippen molar-refractivity contribution in [2.75, 3.05) is 25.6 Å². The lowest BCUT2D eigenvalue weighted by Gasteiger charge is -2.24. The highest BCUT2D eigenvalue weighted by Gasteiger charge is 2.29. The van der Waals surface area contributed by atoms with Crippen molar-refractivity contribution < 1.29 is 14.3 Å². The number of carbonyl (C=O) groups excluding carboxylic acids is 2. The van der Waals surface area contributed by atoms with Crippen LogP contribution in [-0.2, 0) is 14.3 Å². The molecule has 0 spiro atoms. The number of rotatable bonds is 5. The zero-order chi connectivity index (χ0) is 13.7. The van der Waals surface area contributed by atoms with E-state index in [0.29, 0.717) is 13.2 Å². The lowest BCUT2D eigenvalue weighted by atomic mass is 9.90. The molecule has 2 rings (SSSR count). The minimum Gasteiger partial charge on any atom is -0.385 e. The van der Waals surface area contributed by atoms with Crippen LogP contribution in [0.2, 0.25) is 0 Å². The summed E-state index contributed by atoms with van der Waals surface area (Å²) in [5.74, 6) is -0.610. The first-order chi connectivity index (χ1) is 9.22. The first-order valence-corrected chi connectivity index (χ1v) is 6.38. The first kappa shape index (κ1) is 13.5. The Kier molecular flexibility index (Phi) is 4.52. The Morgan fingerprint density at radius 3 is 3.05 bits per heavy atom. The molecule has 1 unspecified atom stereocenters. The highest BCUT2D eigenvalue weighted by atomic mass is 16.5. The Morgan fingerprint density at radius 1 is 1.47 bits per heavy atom. The number of methoxy groups -OCH3 is 1. The summed E-state index contributed by atoms with van der Waals surface area (Å²) >= 11 is 0. The Morgan fingerprint density at radius 2 is 2.26 bits per heavy atom.